The summed E-state index contributed by atoms with van der Waals surface area (Å²) in [5, 5.41) is 2.82. The number of carbonyl (C=O) groups excluding carboxylic acids is 1. The lowest BCUT2D eigenvalue weighted by atomic mass is 10.0. The number of rotatable bonds is 2. The van der Waals surface area contributed by atoms with Crippen LogP contribution >= 0.6 is 11.3 Å². The normalized spacial score (nSPS) is 10.8. The van der Waals surface area contributed by atoms with Gasteiger partial charge in [0.25, 0.3) is 0 Å². The lowest BCUT2D eigenvalue weighted by Gasteiger charge is -2.04. The Kier molecular flexibility index (Phi) is 2.87. The van der Waals surface area contributed by atoms with Gasteiger partial charge in [0.1, 0.15) is 11.6 Å². The zero-order valence-electron chi connectivity index (χ0n) is 9.69. The average molecular weight is 274 g/mol. The van der Waals surface area contributed by atoms with Crippen LogP contribution in [0.15, 0.2) is 47.8 Å². The first kappa shape index (κ1) is 12.0. The van der Waals surface area contributed by atoms with Crippen molar-refractivity contribution >= 4 is 27.2 Å². The standard InChI is InChI=1S/C15H8F2OS/c16-10-4-5-11(13(17)8-10)14(18)12-3-1-2-9-6-7-19-15(9)12/h1-8H. The molecule has 0 fully saturated rings. The highest BCUT2D eigenvalue weighted by molar-refractivity contribution is 7.17. The summed E-state index contributed by atoms with van der Waals surface area (Å²) in [6.07, 6.45) is 0. The Morgan fingerprint density at radius 1 is 1.00 bits per heavy atom. The minimum absolute atomic E-state index is 0.109. The van der Waals surface area contributed by atoms with E-state index in [1.54, 1.807) is 12.1 Å². The van der Waals surface area contributed by atoms with Gasteiger partial charge in [-0.05, 0) is 35.0 Å². The molecule has 0 radical (unpaired) electrons. The number of carbonyl (C=O) groups is 1. The summed E-state index contributed by atoms with van der Waals surface area (Å²) in [6.45, 7) is 0. The Hall–Kier alpha value is -2.07. The number of benzene rings is 2. The van der Waals surface area contributed by atoms with Crippen molar-refractivity contribution in [1.82, 2.24) is 0 Å². The summed E-state index contributed by atoms with van der Waals surface area (Å²) in [4.78, 5) is 12.3. The second-order valence-corrected chi connectivity index (χ2v) is 5.01. The maximum atomic E-state index is 13.7. The molecule has 0 unspecified atom stereocenters. The van der Waals surface area contributed by atoms with E-state index in [9.17, 15) is 13.6 Å². The number of fused-ring (bicyclic) bond motifs is 1. The molecule has 0 spiro atoms. The van der Waals surface area contributed by atoms with Crippen molar-refractivity contribution in [3.05, 3.63) is 70.6 Å². The molecule has 0 amide bonds. The van der Waals surface area contributed by atoms with E-state index in [2.05, 4.69) is 0 Å². The van der Waals surface area contributed by atoms with Gasteiger partial charge in [0.15, 0.2) is 5.78 Å². The van der Waals surface area contributed by atoms with Crippen molar-refractivity contribution in [2.75, 3.05) is 0 Å². The van der Waals surface area contributed by atoms with Crippen LogP contribution in [0.25, 0.3) is 10.1 Å². The molecular weight excluding hydrogens is 266 g/mol. The molecule has 0 aliphatic heterocycles. The molecule has 1 nitrogen and oxygen atoms in total. The summed E-state index contributed by atoms with van der Waals surface area (Å²) in [5.74, 6) is -1.95. The van der Waals surface area contributed by atoms with Gasteiger partial charge < -0.3 is 0 Å². The quantitative estimate of drug-likeness (QED) is 0.633. The van der Waals surface area contributed by atoms with Crippen molar-refractivity contribution in [2.24, 2.45) is 0 Å². The highest BCUT2D eigenvalue weighted by atomic mass is 32.1. The maximum absolute atomic E-state index is 13.7. The number of hydrogen-bond acceptors (Lipinski definition) is 2. The van der Waals surface area contributed by atoms with Crippen LogP contribution in [0, 0.1) is 11.6 Å². The fourth-order valence-corrected chi connectivity index (χ4v) is 2.90. The Labute approximate surface area is 112 Å². The predicted octanol–water partition coefficient (Wildman–Crippen LogP) is 4.41. The highest BCUT2D eigenvalue weighted by Gasteiger charge is 2.17. The minimum atomic E-state index is -0.835. The summed E-state index contributed by atoms with van der Waals surface area (Å²) in [6, 6.07) is 10.2. The Bertz CT molecular complexity index is 777. The van der Waals surface area contributed by atoms with E-state index in [-0.39, 0.29) is 5.56 Å². The molecular formula is C15H8F2OS. The van der Waals surface area contributed by atoms with Gasteiger partial charge in [-0.15, -0.1) is 11.3 Å². The van der Waals surface area contributed by atoms with Gasteiger partial charge in [-0.2, -0.15) is 0 Å². The van der Waals surface area contributed by atoms with Crippen molar-refractivity contribution in [3.8, 4) is 0 Å². The summed E-state index contributed by atoms with van der Waals surface area (Å²) in [5.41, 5.74) is 0.334. The molecule has 2 aromatic carbocycles. The Balaban J connectivity index is 2.16. The molecule has 0 aliphatic rings. The monoisotopic (exact) mass is 274 g/mol. The van der Waals surface area contributed by atoms with Gasteiger partial charge in [-0.1, -0.05) is 12.1 Å². The second kappa shape index (κ2) is 4.55. The SMILES string of the molecule is O=C(c1ccc(F)cc1F)c1cccc2ccsc12. The van der Waals surface area contributed by atoms with Crippen LogP contribution in [-0.2, 0) is 0 Å². The van der Waals surface area contributed by atoms with E-state index < -0.39 is 17.4 Å². The van der Waals surface area contributed by atoms with E-state index in [1.807, 2.05) is 17.5 Å². The molecule has 0 aliphatic carbocycles. The molecule has 1 heterocycles. The fourth-order valence-electron chi connectivity index (χ4n) is 1.99. The van der Waals surface area contributed by atoms with Gasteiger partial charge in [-0.25, -0.2) is 8.78 Å². The van der Waals surface area contributed by atoms with Crippen LogP contribution in [-0.4, -0.2) is 5.78 Å². The van der Waals surface area contributed by atoms with E-state index in [1.165, 1.54) is 17.4 Å². The number of hydrogen-bond donors (Lipinski definition) is 0. The minimum Gasteiger partial charge on any atom is -0.288 e. The molecule has 94 valence electrons. The van der Waals surface area contributed by atoms with E-state index in [0.29, 0.717) is 5.56 Å². The van der Waals surface area contributed by atoms with Gasteiger partial charge in [-0.3, -0.25) is 4.79 Å². The predicted molar refractivity (Wildman–Crippen MR) is 71.6 cm³/mol. The number of halogens is 2. The van der Waals surface area contributed by atoms with Crippen LogP contribution in [0.4, 0.5) is 8.78 Å². The van der Waals surface area contributed by atoms with Crippen LogP contribution in [0.2, 0.25) is 0 Å². The van der Waals surface area contributed by atoms with Gasteiger partial charge in [0.05, 0.1) is 5.56 Å². The zero-order valence-corrected chi connectivity index (χ0v) is 10.5. The van der Waals surface area contributed by atoms with Gasteiger partial charge in [0, 0.05) is 16.3 Å². The maximum Gasteiger partial charge on any atom is 0.197 e. The first-order valence-electron chi connectivity index (χ1n) is 5.63. The molecule has 0 bridgehead atoms. The molecule has 3 rings (SSSR count). The van der Waals surface area contributed by atoms with Gasteiger partial charge in [0.2, 0.25) is 0 Å². The zero-order chi connectivity index (χ0) is 13.4. The Morgan fingerprint density at radius 2 is 1.84 bits per heavy atom. The largest absolute Gasteiger partial charge is 0.288 e. The summed E-state index contributed by atoms with van der Waals surface area (Å²) in [7, 11) is 0. The third-order valence-corrected chi connectivity index (χ3v) is 3.86. The third kappa shape index (κ3) is 2.04. The smallest absolute Gasteiger partial charge is 0.197 e. The lowest BCUT2D eigenvalue weighted by Crippen LogP contribution is -2.04. The van der Waals surface area contributed by atoms with Crippen molar-refractivity contribution in [1.29, 1.82) is 0 Å². The van der Waals surface area contributed by atoms with Crippen molar-refractivity contribution < 1.29 is 13.6 Å². The van der Waals surface area contributed by atoms with E-state index in [0.717, 1.165) is 22.2 Å². The molecule has 4 heteroatoms. The Morgan fingerprint density at radius 3 is 2.63 bits per heavy atom. The molecule has 0 saturated carbocycles. The molecule has 1 aromatic heterocycles. The van der Waals surface area contributed by atoms with Crippen LogP contribution in [0.1, 0.15) is 15.9 Å². The summed E-state index contributed by atoms with van der Waals surface area (Å²) < 4.78 is 27.3. The van der Waals surface area contributed by atoms with E-state index >= 15 is 0 Å². The van der Waals surface area contributed by atoms with Gasteiger partial charge >= 0.3 is 0 Å². The molecule has 0 atom stereocenters. The first-order chi connectivity index (χ1) is 9.16. The topological polar surface area (TPSA) is 17.1 Å². The van der Waals surface area contributed by atoms with Crippen LogP contribution in [0.3, 0.4) is 0 Å². The lowest BCUT2D eigenvalue weighted by molar-refractivity contribution is 0.103. The molecule has 0 saturated heterocycles. The first-order valence-corrected chi connectivity index (χ1v) is 6.51. The molecule has 3 aromatic rings. The molecule has 0 N–H and O–H groups in total. The highest BCUT2D eigenvalue weighted by Crippen LogP contribution is 2.27. The van der Waals surface area contributed by atoms with E-state index in [4.69, 9.17) is 0 Å². The van der Waals surface area contributed by atoms with Crippen LogP contribution < -0.4 is 0 Å². The second-order valence-electron chi connectivity index (χ2n) is 4.10. The number of ketones is 1. The van der Waals surface area contributed by atoms with Crippen LogP contribution in [0.5, 0.6) is 0 Å². The number of thiophene rings is 1. The van der Waals surface area contributed by atoms with Crippen molar-refractivity contribution in [2.45, 2.75) is 0 Å². The molecule has 19 heavy (non-hydrogen) atoms. The van der Waals surface area contributed by atoms with Crippen molar-refractivity contribution in [3.63, 3.8) is 0 Å². The summed E-state index contributed by atoms with van der Waals surface area (Å²) >= 11 is 1.43. The fraction of sp³-hybridized carbons (Fsp3) is 0. The third-order valence-electron chi connectivity index (χ3n) is 2.90. The average Bonchev–Trinajstić information content (AvgIpc) is 2.86.